The Morgan fingerprint density at radius 3 is 2.56 bits per heavy atom. The van der Waals surface area contributed by atoms with Crippen molar-refractivity contribution in [1.29, 1.82) is 0 Å². The Morgan fingerprint density at radius 2 is 2.12 bits per heavy atom. The first kappa shape index (κ1) is 12.1. The molecule has 1 aromatic heterocycles. The third-order valence-corrected chi connectivity index (χ3v) is 4.27. The van der Waals surface area contributed by atoms with Crippen molar-refractivity contribution in [3.63, 3.8) is 0 Å². The fourth-order valence-electron chi connectivity index (χ4n) is 1.96. The van der Waals surface area contributed by atoms with Gasteiger partial charge in [0, 0.05) is 10.9 Å². The molecule has 16 heavy (non-hydrogen) atoms. The Hall–Kier alpha value is -0.410. The van der Waals surface area contributed by atoms with E-state index in [1.807, 2.05) is 11.3 Å². The molecule has 0 radical (unpaired) electrons. The Labute approximate surface area is 102 Å². The van der Waals surface area contributed by atoms with E-state index in [2.05, 4.69) is 33.0 Å². The van der Waals surface area contributed by atoms with Gasteiger partial charge in [0.15, 0.2) is 0 Å². The summed E-state index contributed by atoms with van der Waals surface area (Å²) < 4.78 is 0. The molecule has 0 aromatic carbocycles. The predicted molar refractivity (Wildman–Crippen MR) is 70.0 cm³/mol. The van der Waals surface area contributed by atoms with Crippen molar-refractivity contribution in [3.8, 4) is 0 Å². The highest BCUT2D eigenvalue weighted by molar-refractivity contribution is 7.11. The molecule has 0 aliphatic heterocycles. The first-order valence-electron chi connectivity index (χ1n) is 6.34. The molecule has 0 spiro atoms. The van der Waals surface area contributed by atoms with Gasteiger partial charge in [-0.25, -0.2) is 4.98 Å². The number of aromatic nitrogens is 1. The van der Waals surface area contributed by atoms with Crippen LogP contribution in [0, 0.1) is 12.8 Å². The number of rotatable bonds is 5. The molecule has 90 valence electrons. The van der Waals surface area contributed by atoms with E-state index in [1.54, 1.807) is 0 Å². The van der Waals surface area contributed by atoms with Crippen LogP contribution < -0.4 is 5.32 Å². The minimum atomic E-state index is 0.455. The number of aryl methyl sites for hydroxylation is 2. The van der Waals surface area contributed by atoms with Crippen LogP contribution in [-0.4, -0.2) is 11.0 Å². The van der Waals surface area contributed by atoms with Gasteiger partial charge in [0.25, 0.3) is 0 Å². The average molecular weight is 238 g/mol. The van der Waals surface area contributed by atoms with E-state index >= 15 is 0 Å². The molecule has 1 aromatic rings. The summed E-state index contributed by atoms with van der Waals surface area (Å²) in [4.78, 5) is 6.18. The molecule has 2 nitrogen and oxygen atoms in total. The summed E-state index contributed by atoms with van der Waals surface area (Å²) in [7, 11) is 0. The number of nitrogens with zero attached hydrogens (tertiary/aromatic N) is 1. The van der Waals surface area contributed by atoms with Crippen molar-refractivity contribution in [2.75, 3.05) is 0 Å². The van der Waals surface area contributed by atoms with Gasteiger partial charge in [-0.2, -0.15) is 0 Å². The van der Waals surface area contributed by atoms with Gasteiger partial charge in [0.05, 0.1) is 11.7 Å². The Balaban J connectivity index is 2.16. The second-order valence-electron chi connectivity index (χ2n) is 5.07. The van der Waals surface area contributed by atoms with Crippen molar-refractivity contribution >= 4 is 11.3 Å². The molecule has 1 heterocycles. The molecule has 1 aliphatic rings. The Morgan fingerprint density at radius 1 is 1.44 bits per heavy atom. The topological polar surface area (TPSA) is 24.9 Å². The maximum atomic E-state index is 4.79. The van der Waals surface area contributed by atoms with Gasteiger partial charge in [-0.15, -0.1) is 11.3 Å². The maximum Gasteiger partial charge on any atom is 0.110 e. The molecule has 1 aliphatic carbocycles. The third kappa shape index (κ3) is 2.64. The lowest BCUT2D eigenvalue weighted by Gasteiger charge is -2.19. The SMILES string of the molecule is CCc1nc(C(NC2CC2)C(C)C)sc1C. The molecule has 2 rings (SSSR count). The predicted octanol–water partition coefficient (Wildman–Crippen LogP) is 3.46. The zero-order chi connectivity index (χ0) is 11.7. The van der Waals surface area contributed by atoms with E-state index < -0.39 is 0 Å². The van der Waals surface area contributed by atoms with Gasteiger partial charge in [-0.3, -0.25) is 0 Å². The fraction of sp³-hybridized carbons (Fsp3) is 0.769. The number of nitrogens with one attached hydrogen (secondary N) is 1. The molecular weight excluding hydrogens is 216 g/mol. The molecular formula is C13H22N2S. The van der Waals surface area contributed by atoms with Crippen LogP contribution in [0.1, 0.15) is 55.2 Å². The summed E-state index contributed by atoms with van der Waals surface area (Å²) in [6.45, 7) is 8.93. The van der Waals surface area contributed by atoms with Crippen LogP contribution in [-0.2, 0) is 6.42 Å². The van der Waals surface area contributed by atoms with Gasteiger partial charge in [-0.05, 0) is 32.1 Å². The monoisotopic (exact) mass is 238 g/mol. The number of hydrogen-bond donors (Lipinski definition) is 1. The zero-order valence-electron chi connectivity index (χ0n) is 10.7. The van der Waals surface area contributed by atoms with Crippen LogP contribution in [0.15, 0.2) is 0 Å². The van der Waals surface area contributed by atoms with Crippen molar-refractivity contribution in [3.05, 3.63) is 15.6 Å². The minimum Gasteiger partial charge on any atom is -0.305 e. The smallest absolute Gasteiger partial charge is 0.110 e. The zero-order valence-corrected chi connectivity index (χ0v) is 11.5. The van der Waals surface area contributed by atoms with Crippen molar-refractivity contribution in [1.82, 2.24) is 10.3 Å². The van der Waals surface area contributed by atoms with E-state index in [0.717, 1.165) is 12.5 Å². The second kappa shape index (κ2) is 4.84. The summed E-state index contributed by atoms with van der Waals surface area (Å²) in [6.07, 6.45) is 3.74. The first-order chi connectivity index (χ1) is 7.61. The minimum absolute atomic E-state index is 0.455. The summed E-state index contributed by atoms with van der Waals surface area (Å²) >= 11 is 1.87. The largest absolute Gasteiger partial charge is 0.305 e. The van der Waals surface area contributed by atoms with Crippen LogP contribution in [0.4, 0.5) is 0 Å². The molecule has 1 unspecified atom stereocenters. The summed E-state index contributed by atoms with van der Waals surface area (Å²) in [5.41, 5.74) is 1.28. The Bertz CT molecular complexity index is 353. The van der Waals surface area contributed by atoms with E-state index in [4.69, 9.17) is 4.98 Å². The molecule has 3 heteroatoms. The molecule has 1 N–H and O–H groups in total. The fourth-order valence-corrected chi connectivity index (χ4v) is 3.21. The van der Waals surface area contributed by atoms with E-state index in [0.29, 0.717) is 12.0 Å². The molecule has 0 amide bonds. The van der Waals surface area contributed by atoms with Crippen molar-refractivity contribution < 1.29 is 0 Å². The Kier molecular flexibility index (Phi) is 3.65. The highest BCUT2D eigenvalue weighted by Gasteiger charge is 2.28. The van der Waals surface area contributed by atoms with Crippen LogP contribution >= 0.6 is 11.3 Å². The van der Waals surface area contributed by atoms with Gasteiger partial charge in [0.1, 0.15) is 5.01 Å². The van der Waals surface area contributed by atoms with Crippen LogP contribution in [0.25, 0.3) is 0 Å². The highest BCUT2D eigenvalue weighted by Crippen LogP contribution is 2.32. The van der Waals surface area contributed by atoms with E-state index in [9.17, 15) is 0 Å². The molecule has 1 atom stereocenters. The third-order valence-electron chi connectivity index (χ3n) is 3.17. The van der Waals surface area contributed by atoms with Gasteiger partial charge >= 0.3 is 0 Å². The average Bonchev–Trinajstić information content (AvgIpc) is 2.98. The first-order valence-corrected chi connectivity index (χ1v) is 7.15. The van der Waals surface area contributed by atoms with Crippen molar-refractivity contribution in [2.45, 2.75) is 59.0 Å². The summed E-state index contributed by atoms with van der Waals surface area (Å²) in [5.74, 6) is 0.621. The van der Waals surface area contributed by atoms with Gasteiger partial charge in [-0.1, -0.05) is 20.8 Å². The standard InChI is InChI=1S/C13H22N2S/c1-5-11-9(4)16-13(15-11)12(8(2)3)14-10-6-7-10/h8,10,12,14H,5-7H2,1-4H3. The van der Waals surface area contributed by atoms with Gasteiger partial charge < -0.3 is 5.32 Å². The number of hydrogen-bond acceptors (Lipinski definition) is 3. The van der Waals surface area contributed by atoms with Gasteiger partial charge in [0.2, 0.25) is 0 Å². The van der Waals surface area contributed by atoms with E-state index in [-0.39, 0.29) is 0 Å². The lowest BCUT2D eigenvalue weighted by molar-refractivity contribution is 0.407. The highest BCUT2D eigenvalue weighted by atomic mass is 32.1. The molecule has 0 bridgehead atoms. The second-order valence-corrected chi connectivity index (χ2v) is 6.31. The van der Waals surface area contributed by atoms with E-state index in [1.165, 1.54) is 28.4 Å². The normalized spacial score (nSPS) is 18.1. The molecule has 1 saturated carbocycles. The quantitative estimate of drug-likeness (QED) is 0.849. The molecule has 1 fully saturated rings. The summed E-state index contributed by atoms with van der Waals surface area (Å²) in [5, 5.41) is 5.01. The lowest BCUT2D eigenvalue weighted by atomic mass is 10.1. The summed E-state index contributed by atoms with van der Waals surface area (Å²) in [6, 6.07) is 1.21. The van der Waals surface area contributed by atoms with Crippen LogP contribution in [0.3, 0.4) is 0 Å². The van der Waals surface area contributed by atoms with Crippen LogP contribution in [0.2, 0.25) is 0 Å². The van der Waals surface area contributed by atoms with Crippen LogP contribution in [0.5, 0.6) is 0 Å². The maximum absolute atomic E-state index is 4.79. The van der Waals surface area contributed by atoms with Crippen molar-refractivity contribution in [2.24, 2.45) is 5.92 Å². The molecule has 0 saturated heterocycles. The number of thiazole rings is 1. The lowest BCUT2D eigenvalue weighted by Crippen LogP contribution is -2.27.